The van der Waals surface area contributed by atoms with Crippen molar-refractivity contribution in [3.63, 3.8) is 0 Å². The zero-order valence-corrected chi connectivity index (χ0v) is 20.4. The lowest BCUT2D eigenvalue weighted by atomic mass is 10.1. The van der Waals surface area contributed by atoms with Gasteiger partial charge in [0.25, 0.3) is 5.91 Å². The van der Waals surface area contributed by atoms with Gasteiger partial charge in [0, 0.05) is 27.2 Å². The molecule has 1 amide bonds. The summed E-state index contributed by atoms with van der Waals surface area (Å²) in [6, 6.07) is 11.8. The van der Waals surface area contributed by atoms with Crippen molar-refractivity contribution in [1.29, 1.82) is 0 Å². The molecular weight excluding hydrogens is 478 g/mol. The lowest BCUT2D eigenvalue weighted by Crippen LogP contribution is -2.29. The minimum absolute atomic E-state index is 0.0549. The molecule has 34 heavy (non-hydrogen) atoms. The molecule has 0 fully saturated rings. The Bertz CT molecular complexity index is 1350. The first-order valence-corrected chi connectivity index (χ1v) is 12.3. The van der Waals surface area contributed by atoms with E-state index in [0.29, 0.717) is 30.0 Å². The quantitative estimate of drug-likeness (QED) is 0.471. The van der Waals surface area contributed by atoms with E-state index in [1.807, 2.05) is 18.0 Å². The molecule has 3 N–H and O–H groups in total. The third-order valence-electron chi connectivity index (χ3n) is 5.45. The van der Waals surface area contributed by atoms with Crippen molar-refractivity contribution >= 4 is 56.4 Å². The third-order valence-corrected chi connectivity index (χ3v) is 7.20. The Hall–Kier alpha value is -3.41. The number of halogens is 1. The fraction of sp³-hybridized carbons (Fsp3) is 0.227. The molecule has 0 saturated heterocycles. The molecular formula is C22H24ClN7O3S. The van der Waals surface area contributed by atoms with Crippen LogP contribution in [-0.2, 0) is 10.0 Å². The number of hydrogen-bond acceptors (Lipinski definition) is 8. The molecule has 1 aliphatic rings. The van der Waals surface area contributed by atoms with E-state index >= 15 is 0 Å². The number of sulfonamides is 1. The molecule has 0 bridgehead atoms. The lowest BCUT2D eigenvalue weighted by Gasteiger charge is -2.22. The molecule has 0 radical (unpaired) electrons. The molecule has 0 saturated carbocycles. The molecule has 2 aromatic carbocycles. The van der Waals surface area contributed by atoms with Crippen molar-refractivity contribution in [1.82, 2.24) is 19.6 Å². The number of likely N-dealkylation sites (N-methyl/N-ethyl adjacent to an activating group) is 2. The Morgan fingerprint density at radius 3 is 2.44 bits per heavy atom. The van der Waals surface area contributed by atoms with Crippen molar-refractivity contribution < 1.29 is 13.2 Å². The topological polar surface area (TPSA) is 120 Å². The largest absolute Gasteiger partial charge is 0.370 e. The summed E-state index contributed by atoms with van der Waals surface area (Å²) >= 11 is 6.31. The molecule has 0 spiro atoms. The van der Waals surface area contributed by atoms with Crippen LogP contribution >= 0.6 is 11.6 Å². The van der Waals surface area contributed by atoms with E-state index in [0.717, 1.165) is 5.69 Å². The number of rotatable bonds is 6. The molecule has 4 rings (SSSR count). The average Bonchev–Trinajstić information content (AvgIpc) is 2.94. The van der Waals surface area contributed by atoms with Gasteiger partial charge in [-0.2, -0.15) is 4.98 Å². The van der Waals surface area contributed by atoms with Crippen molar-refractivity contribution in [3.8, 4) is 0 Å². The number of hydrogen-bond donors (Lipinski definition) is 3. The molecule has 3 aromatic rings. The number of amides is 1. The van der Waals surface area contributed by atoms with Crippen LogP contribution in [0.15, 0.2) is 53.6 Å². The van der Waals surface area contributed by atoms with Gasteiger partial charge in [-0.1, -0.05) is 29.8 Å². The van der Waals surface area contributed by atoms with E-state index in [1.54, 1.807) is 42.3 Å². The predicted octanol–water partition coefficient (Wildman–Crippen LogP) is 3.05. The summed E-state index contributed by atoms with van der Waals surface area (Å²) in [5.41, 5.74) is 2.29. The molecule has 10 nitrogen and oxygen atoms in total. The SMILES string of the molecule is CNS(=O)(=O)c1ccccc1Nc1nc(Nc2cccc3c2N(C)CCN(C)C3=O)ncc1Cl. The minimum Gasteiger partial charge on any atom is -0.370 e. The van der Waals surface area contributed by atoms with Crippen molar-refractivity contribution in [3.05, 3.63) is 59.2 Å². The first-order valence-electron chi connectivity index (χ1n) is 10.4. The van der Waals surface area contributed by atoms with Gasteiger partial charge in [-0.05, 0) is 31.3 Å². The molecule has 1 aromatic heterocycles. The molecule has 2 heterocycles. The number of anilines is 5. The van der Waals surface area contributed by atoms with E-state index in [1.165, 1.54) is 19.3 Å². The normalized spacial score (nSPS) is 13.9. The number of nitrogens with one attached hydrogen (secondary N) is 3. The predicted molar refractivity (Wildman–Crippen MR) is 133 cm³/mol. The van der Waals surface area contributed by atoms with E-state index in [9.17, 15) is 13.2 Å². The number of benzene rings is 2. The van der Waals surface area contributed by atoms with E-state index < -0.39 is 10.0 Å². The maximum Gasteiger partial charge on any atom is 0.255 e. The maximum absolute atomic E-state index is 12.8. The third kappa shape index (κ3) is 4.63. The molecule has 0 atom stereocenters. The fourth-order valence-corrected chi connectivity index (χ4v) is 4.65. The standard InChI is InChI=1S/C22H24ClN7O3S/c1-24-34(32,33)18-10-5-4-8-16(18)26-20-15(23)13-25-22(28-20)27-17-9-6-7-14-19(17)29(2)11-12-30(3)21(14)31/h4-10,13,24H,11-12H2,1-3H3,(H2,25,26,27,28). The average molecular weight is 502 g/mol. The van der Waals surface area contributed by atoms with Crippen LogP contribution in [0.4, 0.5) is 28.8 Å². The summed E-state index contributed by atoms with van der Waals surface area (Å²) in [6.07, 6.45) is 1.42. The molecule has 178 valence electrons. The summed E-state index contributed by atoms with van der Waals surface area (Å²) in [7, 11) is 1.33. The van der Waals surface area contributed by atoms with Crippen LogP contribution in [0, 0.1) is 0 Å². The number of carbonyl (C=O) groups is 1. The van der Waals surface area contributed by atoms with Gasteiger partial charge in [-0.25, -0.2) is 18.1 Å². The molecule has 1 aliphatic heterocycles. The Balaban J connectivity index is 1.69. The van der Waals surface area contributed by atoms with Gasteiger partial charge in [-0.3, -0.25) is 4.79 Å². The summed E-state index contributed by atoms with van der Waals surface area (Å²) in [5, 5.41) is 6.37. The van der Waals surface area contributed by atoms with Crippen LogP contribution in [0.5, 0.6) is 0 Å². The second kappa shape index (κ2) is 9.45. The summed E-state index contributed by atoms with van der Waals surface area (Å²) in [4.78, 5) is 25.2. The van der Waals surface area contributed by atoms with Crippen LogP contribution in [0.3, 0.4) is 0 Å². The number of para-hydroxylation sites is 2. The van der Waals surface area contributed by atoms with Gasteiger partial charge in [0.05, 0.1) is 28.8 Å². The Kier molecular flexibility index (Phi) is 6.60. The van der Waals surface area contributed by atoms with Gasteiger partial charge < -0.3 is 20.4 Å². The highest BCUT2D eigenvalue weighted by Crippen LogP contribution is 2.34. The Labute approximate surface area is 203 Å². The Morgan fingerprint density at radius 1 is 0.971 bits per heavy atom. The second-order valence-corrected chi connectivity index (χ2v) is 9.96. The zero-order valence-electron chi connectivity index (χ0n) is 18.8. The van der Waals surface area contributed by atoms with Crippen molar-refractivity contribution in [2.24, 2.45) is 0 Å². The molecule has 12 heteroatoms. The van der Waals surface area contributed by atoms with E-state index in [-0.39, 0.29) is 27.6 Å². The number of aromatic nitrogens is 2. The van der Waals surface area contributed by atoms with Crippen molar-refractivity contribution in [2.45, 2.75) is 4.90 Å². The first kappa shape index (κ1) is 23.7. The van der Waals surface area contributed by atoms with Crippen molar-refractivity contribution in [2.75, 3.05) is 49.8 Å². The van der Waals surface area contributed by atoms with Crippen LogP contribution in [0.1, 0.15) is 10.4 Å². The van der Waals surface area contributed by atoms with Gasteiger partial charge in [-0.15, -0.1) is 0 Å². The zero-order chi connectivity index (χ0) is 24.5. The highest BCUT2D eigenvalue weighted by molar-refractivity contribution is 7.89. The number of carbonyl (C=O) groups excluding carboxylic acids is 1. The van der Waals surface area contributed by atoms with Gasteiger partial charge in [0.1, 0.15) is 9.92 Å². The van der Waals surface area contributed by atoms with Gasteiger partial charge in [0.15, 0.2) is 5.82 Å². The summed E-state index contributed by atoms with van der Waals surface area (Å²) in [5.74, 6) is 0.390. The molecule has 0 aliphatic carbocycles. The van der Waals surface area contributed by atoms with Crippen LogP contribution in [-0.4, -0.2) is 63.4 Å². The maximum atomic E-state index is 12.8. The smallest absolute Gasteiger partial charge is 0.255 e. The van der Waals surface area contributed by atoms with E-state index in [4.69, 9.17) is 11.6 Å². The van der Waals surface area contributed by atoms with Crippen LogP contribution in [0.25, 0.3) is 0 Å². The number of fused-ring (bicyclic) bond motifs is 1. The van der Waals surface area contributed by atoms with E-state index in [2.05, 4.69) is 25.3 Å². The minimum atomic E-state index is -3.71. The summed E-state index contributed by atoms with van der Waals surface area (Å²) in [6.45, 7) is 1.27. The lowest BCUT2D eigenvalue weighted by molar-refractivity contribution is 0.0805. The van der Waals surface area contributed by atoms with Gasteiger partial charge >= 0.3 is 0 Å². The fourth-order valence-electron chi connectivity index (χ4n) is 3.62. The highest BCUT2D eigenvalue weighted by Gasteiger charge is 2.25. The summed E-state index contributed by atoms with van der Waals surface area (Å²) < 4.78 is 27.1. The Morgan fingerprint density at radius 2 is 1.68 bits per heavy atom. The highest BCUT2D eigenvalue weighted by atomic mass is 35.5. The van der Waals surface area contributed by atoms with Crippen LogP contribution < -0.4 is 20.3 Å². The monoisotopic (exact) mass is 501 g/mol. The number of nitrogens with zero attached hydrogens (tertiary/aromatic N) is 4. The molecule has 0 unspecified atom stereocenters. The second-order valence-electron chi connectivity index (χ2n) is 7.69. The van der Waals surface area contributed by atoms with Gasteiger partial charge in [0.2, 0.25) is 16.0 Å². The first-order chi connectivity index (χ1) is 16.2. The van der Waals surface area contributed by atoms with Crippen LogP contribution in [0.2, 0.25) is 5.02 Å².